The molecule has 0 saturated carbocycles. The summed E-state index contributed by atoms with van der Waals surface area (Å²) in [6.45, 7) is 0. The van der Waals surface area contributed by atoms with Crippen LogP contribution in [-0.4, -0.2) is 10.2 Å². The van der Waals surface area contributed by atoms with E-state index in [9.17, 15) is 4.79 Å². The van der Waals surface area contributed by atoms with Crippen molar-refractivity contribution in [1.29, 1.82) is 0 Å². The van der Waals surface area contributed by atoms with E-state index >= 15 is 0 Å². The van der Waals surface area contributed by atoms with E-state index in [0.717, 1.165) is 9.99 Å². The maximum atomic E-state index is 11.6. The summed E-state index contributed by atoms with van der Waals surface area (Å²) in [5, 5.41) is 3.36. The van der Waals surface area contributed by atoms with Crippen LogP contribution in [0.2, 0.25) is 0 Å². The van der Waals surface area contributed by atoms with Gasteiger partial charge in [0, 0.05) is 11.0 Å². The van der Waals surface area contributed by atoms with Crippen LogP contribution in [0.3, 0.4) is 0 Å². The molecular weight excluding hydrogens is 310 g/mol. The van der Waals surface area contributed by atoms with Crippen molar-refractivity contribution >= 4 is 52.0 Å². The monoisotopic (exact) mass is 319 g/mol. The van der Waals surface area contributed by atoms with Crippen molar-refractivity contribution in [2.75, 3.05) is 0 Å². The molecule has 1 aliphatic heterocycles. The molecule has 1 aromatic carbocycles. The highest BCUT2D eigenvalue weighted by atomic mass is 32.2. The van der Waals surface area contributed by atoms with E-state index in [-0.39, 0.29) is 5.91 Å². The standard InChI is InChI=1S/C14H9NO2S3/c16-13-11(20-14(18)15-13)8-9-6-7-12(17-9)19-10-4-2-1-3-5-10/h1-8H,(H,15,16,18)/b11-8+. The largest absolute Gasteiger partial charge is 0.450 e. The maximum absolute atomic E-state index is 11.6. The average Bonchev–Trinajstić information content (AvgIpc) is 2.98. The number of nitrogens with one attached hydrogen (secondary N) is 1. The highest BCUT2D eigenvalue weighted by Crippen LogP contribution is 2.31. The molecule has 0 spiro atoms. The average molecular weight is 319 g/mol. The predicted molar refractivity (Wildman–Crippen MR) is 85.6 cm³/mol. The normalized spacial score (nSPS) is 16.7. The summed E-state index contributed by atoms with van der Waals surface area (Å²) in [7, 11) is 0. The third-order valence-corrected chi connectivity index (χ3v) is 4.57. The van der Waals surface area contributed by atoms with Crippen molar-refractivity contribution in [2.24, 2.45) is 0 Å². The van der Waals surface area contributed by atoms with Crippen molar-refractivity contribution in [3.8, 4) is 0 Å². The van der Waals surface area contributed by atoms with Crippen LogP contribution in [0.1, 0.15) is 5.76 Å². The van der Waals surface area contributed by atoms with Gasteiger partial charge in [0.05, 0.1) is 4.91 Å². The highest BCUT2D eigenvalue weighted by molar-refractivity contribution is 8.26. The first-order valence-corrected chi connectivity index (χ1v) is 7.82. The Morgan fingerprint density at radius 1 is 1.20 bits per heavy atom. The van der Waals surface area contributed by atoms with Crippen LogP contribution in [0.4, 0.5) is 0 Å². The fourth-order valence-corrected chi connectivity index (χ4v) is 3.45. The molecule has 1 aromatic heterocycles. The maximum Gasteiger partial charge on any atom is 0.263 e. The van der Waals surface area contributed by atoms with Gasteiger partial charge < -0.3 is 9.73 Å². The second-order valence-electron chi connectivity index (χ2n) is 3.92. The van der Waals surface area contributed by atoms with Crippen molar-refractivity contribution in [3.63, 3.8) is 0 Å². The van der Waals surface area contributed by atoms with Gasteiger partial charge in [0.1, 0.15) is 10.1 Å². The van der Waals surface area contributed by atoms with E-state index in [1.807, 2.05) is 42.5 Å². The van der Waals surface area contributed by atoms with Gasteiger partial charge in [-0.1, -0.05) is 53.9 Å². The summed E-state index contributed by atoms with van der Waals surface area (Å²) >= 11 is 7.72. The van der Waals surface area contributed by atoms with Gasteiger partial charge in [-0.2, -0.15) is 0 Å². The minimum atomic E-state index is -0.173. The van der Waals surface area contributed by atoms with Gasteiger partial charge in [-0.05, 0) is 24.3 Å². The second-order valence-corrected chi connectivity index (χ2v) is 6.72. The SMILES string of the molecule is O=C1NC(=S)S/C1=C/c1ccc(Sc2ccccc2)o1. The summed E-state index contributed by atoms with van der Waals surface area (Å²) in [6, 6.07) is 13.7. The third kappa shape index (κ3) is 3.15. The number of hydrogen-bond acceptors (Lipinski definition) is 5. The minimum Gasteiger partial charge on any atom is -0.450 e. The molecule has 3 nitrogen and oxygen atoms in total. The zero-order valence-corrected chi connectivity index (χ0v) is 12.6. The molecule has 3 rings (SSSR count). The number of furan rings is 1. The highest BCUT2D eigenvalue weighted by Gasteiger charge is 2.22. The van der Waals surface area contributed by atoms with Gasteiger partial charge in [-0.15, -0.1) is 0 Å². The number of carbonyl (C=O) groups is 1. The summed E-state index contributed by atoms with van der Waals surface area (Å²) in [6.07, 6.45) is 1.70. The quantitative estimate of drug-likeness (QED) is 0.686. The molecule has 100 valence electrons. The molecule has 2 aromatic rings. The molecule has 1 N–H and O–H groups in total. The minimum absolute atomic E-state index is 0.173. The molecule has 2 heterocycles. The zero-order valence-electron chi connectivity index (χ0n) is 10.2. The Balaban J connectivity index is 1.76. The van der Waals surface area contributed by atoms with Crippen LogP contribution in [0, 0.1) is 0 Å². The van der Waals surface area contributed by atoms with Gasteiger partial charge in [-0.25, -0.2) is 0 Å². The molecule has 1 fully saturated rings. The lowest BCUT2D eigenvalue weighted by Gasteiger charge is -1.96. The van der Waals surface area contributed by atoms with Gasteiger partial charge in [0.25, 0.3) is 5.91 Å². The smallest absolute Gasteiger partial charge is 0.263 e. The lowest BCUT2D eigenvalue weighted by Crippen LogP contribution is -2.17. The molecular formula is C14H9NO2S3. The van der Waals surface area contributed by atoms with Crippen LogP contribution in [0.5, 0.6) is 0 Å². The Morgan fingerprint density at radius 3 is 2.70 bits per heavy atom. The van der Waals surface area contributed by atoms with Crippen LogP contribution in [0.25, 0.3) is 6.08 Å². The zero-order chi connectivity index (χ0) is 13.9. The van der Waals surface area contributed by atoms with Gasteiger partial charge in [0.2, 0.25) is 0 Å². The molecule has 0 unspecified atom stereocenters. The van der Waals surface area contributed by atoms with Crippen LogP contribution >= 0.6 is 35.7 Å². The van der Waals surface area contributed by atoms with Crippen molar-refractivity contribution in [1.82, 2.24) is 5.32 Å². The molecule has 0 atom stereocenters. The van der Waals surface area contributed by atoms with E-state index in [4.69, 9.17) is 16.6 Å². The Morgan fingerprint density at radius 2 is 2.00 bits per heavy atom. The molecule has 0 bridgehead atoms. The summed E-state index contributed by atoms with van der Waals surface area (Å²) in [4.78, 5) is 13.2. The summed E-state index contributed by atoms with van der Waals surface area (Å²) in [5.74, 6) is 0.472. The molecule has 0 aliphatic carbocycles. The molecule has 6 heteroatoms. The van der Waals surface area contributed by atoms with E-state index in [1.54, 1.807) is 6.08 Å². The van der Waals surface area contributed by atoms with Crippen molar-refractivity contribution in [3.05, 3.63) is 53.1 Å². The number of rotatable bonds is 3. The van der Waals surface area contributed by atoms with Crippen LogP contribution < -0.4 is 5.32 Å². The van der Waals surface area contributed by atoms with Crippen molar-refractivity contribution in [2.45, 2.75) is 9.99 Å². The number of amides is 1. The predicted octanol–water partition coefficient (Wildman–Crippen LogP) is 3.92. The van der Waals surface area contributed by atoms with E-state index in [1.165, 1.54) is 23.5 Å². The molecule has 1 amide bonds. The number of thiocarbonyl (C=S) groups is 1. The van der Waals surface area contributed by atoms with Crippen molar-refractivity contribution < 1.29 is 9.21 Å². The number of thioether (sulfide) groups is 1. The first kappa shape index (κ1) is 13.5. The Labute approximate surface area is 129 Å². The topological polar surface area (TPSA) is 42.2 Å². The summed E-state index contributed by atoms with van der Waals surface area (Å²) < 4.78 is 6.16. The lowest BCUT2D eigenvalue weighted by atomic mass is 10.4. The lowest BCUT2D eigenvalue weighted by molar-refractivity contribution is -0.115. The number of carbonyl (C=O) groups excluding carboxylic acids is 1. The Hall–Kier alpha value is -1.50. The fraction of sp³-hybridized carbons (Fsp3) is 0. The first-order valence-electron chi connectivity index (χ1n) is 5.78. The van der Waals surface area contributed by atoms with Crippen LogP contribution in [-0.2, 0) is 4.79 Å². The van der Waals surface area contributed by atoms with Gasteiger partial charge in [-0.3, -0.25) is 4.79 Å². The molecule has 1 aliphatic rings. The number of benzene rings is 1. The Kier molecular flexibility index (Phi) is 3.95. The van der Waals surface area contributed by atoms with Crippen LogP contribution in [0.15, 0.2) is 61.8 Å². The van der Waals surface area contributed by atoms with Gasteiger partial charge in [0.15, 0.2) is 5.09 Å². The van der Waals surface area contributed by atoms with Gasteiger partial charge >= 0.3 is 0 Å². The van der Waals surface area contributed by atoms with E-state index in [0.29, 0.717) is 15.0 Å². The molecule has 1 saturated heterocycles. The Bertz CT molecular complexity index is 691. The molecule has 0 radical (unpaired) electrons. The second kappa shape index (κ2) is 5.87. The first-order chi connectivity index (χ1) is 9.70. The van der Waals surface area contributed by atoms with E-state index in [2.05, 4.69) is 5.32 Å². The fourth-order valence-electron chi connectivity index (χ4n) is 1.62. The number of hydrogen-bond donors (Lipinski definition) is 1. The third-order valence-electron chi connectivity index (χ3n) is 2.48. The summed E-state index contributed by atoms with van der Waals surface area (Å²) in [5.41, 5.74) is 0. The molecule has 20 heavy (non-hydrogen) atoms. The van der Waals surface area contributed by atoms with E-state index < -0.39 is 0 Å².